The van der Waals surface area contributed by atoms with Gasteiger partial charge in [0, 0.05) is 12.1 Å². The number of anilines is 1. The van der Waals surface area contributed by atoms with Crippen molar-refractivity contribution >= 4 is 29.1 Å². The Morgan fingerprint density at radius 2 is 1.91 bits per heavy atom. The zero-order valence-electron chi connectivity index (χ0n) is 16.9. The first-order valence-electron chi connectivity index (χ1n) is 9.89. The van der Waals surface area contributed by atoms with E-state index in [9.17, 15) is 22.8 Å². The van der Waals surface area contributed by atoms with E-state index in [1.807, 2.05) is 0 Å². The van der Waals surface area contributed by atoms with Gasteiger partial charge in [0.25, 0.3) is 5.91 Å². The van der Waals surface area contributed by atoms with Crippen LogP contribution in [-0.4, -0.2) is 35.6 Å². The summed E-state index contributed by atoms with van der Waals surface area (Å²) in [4.78, 5) is 29.3. The largest absolute Gasteiger partial charge is 0.484 e. The quantitative estimate of drug-likeness (QED) is 0.598. The predicted octanol–water partition coefficient (Wildman–Crippen LogP) is 4.31. The molecule has 2 N–H and O–H groups in total. The number of halogens is 4. The summed E-state index contributed by atoms with van der Waals surface area (Å²) in [5.41, 5.74) is -0.897. The number of amides is 2. The van der Waals surface area contributed by atoms with Gasteiger partial charge in [-0.05, 0) is 31.0 Å². The van der Waals surface area contributed by atoms with E-state index >= 15 is 0 Å². The van der Waals surface area contributed by atoms with Gasteiger partial charge in [0.1, 0.15) is 17.1 Å². The van der Waals surface area contributed by atoms with Crippen LogP contribution in [0.15, 0.2) is 36.5 Å². The molecule has 0 unspecified atom stereocenters. The molecule has 0 radical (unpaired) electrons. The van der Waals surface area contributed by atoms with Gasteiger partial charge in [0.15, 0.2) is 6.61 Å². The van der Waals surface area contributed by atoms with E-state index in [1.54, 1.807) is 0 Å². The summed E-state index contributed by atoms with van der Waals surface area (Å²) in [5, 5.41) is 5.34. The maximum absolute atomic E-state index is 13.5. The van der Waals surface area contributed by atoms with Crippen molar-refractivity contribution in [1.29, 1.82) is 0 Å². The molecule has 11 heteroatoms. The predicted molar refractivity (Wildman–Crippen MR) is 110 cm³/mol. The van der Waals surface area contributed by atoms with Gasteiger partial charge >= 0.3 is 6.61 Å². The molecule has 1 aliphatic rings. The van der Waals surface area contributed by atoms with Gasteiger partial charge in [-0.25, -0.2) is 9.37 Å². The van der Waals surface area contributed by atoms with E-state index in [1.165, 1.54) is 30.5 Å². The van der Waals surface area contributed by atoms with Crippen molar-refractivity contribution in [2.45, 2.75) is 44.3 Å². The average molecular weight is 472 g/mol. The maximum atomic E-state index is 13.5. The first-order valence-corrected chi connectivity index (χ1v) is 10.3. The highest BCUT2D eigenvalue weighted by atomic mass is 35.5. The fraction of sp³-hybridized carbons (Fsp3) is 0.381. The van der Waals surface area contributed by atoms with Crippen LogP contribution >= 0.6 is 11.6 Å². The van der Waals surface area contributed by atoms with Crippen LogP contribution in [0.3, 0.4) is 0 Å². The van der Waals surface area contributed by atoms with Gasteiger partial charge in [0.2, 0.25) is 11.8 Å². The zero-order chi connectivity index (χ0) is 23.1. The SMILES string of the molecule is O=C(COc1ccc(Cl)c(F)c1)NC1(C(=O)Nc2ccc(OC(F)F)nc2)CCCCC1. The number of hydrogen-bond acceptors (Lipinski definition) is 5. The molecule has 0 saturated heterocycles. The van der Waals surface area contributed by atoms with Crippen molar-refractivity contribution in [1.82, 2.24) is 10.3 Å². The van der Waals surface area contributed by atoms with E-state index < -0.39 is 36.4 Å². The molecular formula is C21H21ClF3N3O4. The topological polar surface area (TPSA) is 89.5 Å². The number of ether oxygens (including phenoxy) is 2. The van der Waals surface area contributed by atoms with Gasteiger partial charge in [0.05, 0.1) is 16.9 Å². The molecule has 0 spiro atoms. The number of nitrogens with zero attached hydrogens (tertiary/aromatic N) is 1. The standard InChI is InChI=1S/C21H21ClF3N3O4/c22-15-6-5-14(10-16(15)23)31-12-17(29)28-21(8-2-1-3-9-21)19(30)27-13-4-7-18(26-11-13)32-20(24)25/h4-7,10-11,20H,1-3,8-9,12H2,(H,27,30)(H,28,29). The number of aromatic nitrogens is 1. The molecule has 0 atom stereocenters. The van der Waals surface area contributed by atoms with E-state index in [0.717, 1.165) is 25.3 Å². The van der Waals surface area contributed by atoms with Crippen LogP contribution < -0.4 is 20.1 Å². The number of carbonyl (C=O) groups is 2. The first kappa shape index (κ1) is 23.6. The number of benzene rings is 1. The minimum Gasteiger partial charge on any atom is -0.484 e. The molecule has 2 aromatic rings. The Balaban J connectivity index is 1.63. The van der Waals surface area contributed by atoms with Crippen LogP contribution in [0.4, 0.5) is 18.9 Å². The van der Waals surface area contributed by atoms with Gasteiger partial charge in [-0.15, -0.1) is 0 Å². The van der Waals surface area contributed by atoms with Crippen LogP contribution in [-0.2, 0) is 9.59 Å². The van der Waals surface area contributed by atoms with Crippen LogP contribution in [0.2, 0.25) is 5.02 Å². The number of rotatable bonds is 8. The maximum Gasteiger partial charge on any atom is 0.388 e. The summed E-state index contributed by atoms with van der Waals surface area (Å²) < 4.78 is 47.5. The van der Waals surface area contributed by atoms with Crippen molar-refractivity contribution in [3.8, 4) is 11.6 Å². The molecule has 1 heterocycles. The summed E-state index contributed by atoms with van der Waals surface area (Å²) in [6, 6.07) is 6.38. The number of carbonyl (C=O) groups excluding carboxylic acids is 2. The van der Waals surface area contributed by atoms with Crippen molar-refractivity contribution < 1.29 is 32.2 Å². The van der Waals surface area contributed by atoms with Crippen molar-refractivity contribution in [3.63, 3.8) is 0 Å². The monoisotopic (exact) mass is 471 g/mol. The second-order valence-electron chi connectivity index (χ2n) is 7.27. The molecule has 172 valence electrons. The molecule has 1 aromatic heterocycles. The summed E-state index contributed by atoms with van der Waals surface area (Å²) in [6.07, 6.45) is 4.41. The molecule has 1 saturated carbocycles. The Kier molecular flexibility index (Phi) is 7.79. The molecule has 2 amide bonds. The first-order chi connectivity index (χ1) is 15.3. The summed E-state index contributed by atoms with van der Waals surface area (Å²) in [5.74, 6) is -1.83. The lowest BCUT2D eigenvalue weighted by Gasteiger charge is -2.36. The van der Waals surface area contributed by atoms with Gasteiger partial charge in [-0.3, -0.25) is 9.59 Å². The van der Waals surface area contributed by atoms with E-state index in [-0.39, 0.29) is 22.3 Å². The van der Waals surface area contributed by atoms with Crippen molar-refractivity contribution in [2.24, 2.45) is 0 Å². The Morgan fingerprint density at radius 3 is 2.53 bits per heavy atom. The highest BCUT2D eigenvalue weighted by molar-refractivity contribution is 6.30. The number of hydrogen-bond donors (Lipinski definition) is 2. The summed E-state index contributed by atoms with van der Waals surface area (Å²) in [6.45, 7) is -3.42. The zero-order valence-corrected chi connectivity index (χ0v) is 17.6. The van der Waals surface area contributed by atoms with Crippen molar-refractivity contribution in [2.75, 3.05) is 11.9 Å². The fourth-order valence-corrected chi connectivity index (χ4v) is 3.57. The van der Waals surface area contributed by atoms with Crippen LogP contribution in [0.25, 0.3) is 0 Å². The molecule has 1 fully saturated rings. The molecule has 1 aliphatic carbocycles. The smallest absolute Gasteiger partial charge is 0.388 e. The molecule has 32 heavy (non-hydrogen) atoms. The Labute approximate surface area is 187 Å². The molecule has 7 nitrogen and oxygen atoms in total. The summed E-state index contributed by atoms with van der Waals surface area (Å²) in [7, 11) is 0. The average Bonchev–Trinajstić information content (AvgIpc) is 2.76. The van der Waals surface area contributed by atoms with E-state index in [4.69, 9.17) is 16.3 Å². The number of alkyl halides is 2. The van der Waals surface area contributed by atoms with Gasteiger partial charge in [-0.1, -0.05) is 30.9 Å². The highest BCUT2D eigenvalue weighted by Crippen LogP contribution is 2.30. The number of nitrogens with one attached hydrogen (secondary N) is 2. The number of pyridine rings is 1. The van der Waals surface area contributed by atoms with Crippen molar-refractivity contribution in [3.05, 3.63) is 47.4 Å². The normalized spacial score (nSPS) is 15.2. The Morgan fingerprint density at radius 1 is 1.16 bits per heavy atom. The fourth-order valence-electron chi connectivity index (χ4n) is 3.45. The third-order valence-electron chi connectivity index (χ3n) is 4.99. The second-order valence-corrected chi connectivity index (χ2v) is 7.68. The molecule has 0 bridgehead atoms. The molecule has 3 rings (SSSR count). The minimum atomic E-state index is -3.00. The van der Waals surface area contributed by atoms with E-state index in [2.05, 4.69) is 20.4 Å². The molecular weight excluding hydrogens is 451 g/mol. The summed E-state index contributed by atoms with van der Waals surface area (Å²) >= 11 is 5.62. The molecule has 1 aromatic carbocycles. The molecule has 0 aliphatic heterocycles. The van der Waals surface area contributed by atoms with Crippen LogP contribution in [0.1, 0.15) is 32.1 Å². The Hall–Kier alpha value is -3.01. The van der Waals surface area contributed by atoms with Gasteiger partial charge in [-0.2, -0.15) is 8.78 Å². The highest BCUT2D eigenvalue weighted by Gasteiger charge is 2.41. The van der Waals surface area contributed by atoms with Crippen LogP contribution in [0.5, 0.6) is 11.6 Å². The van der Waals surface area contributed by atoms with Gasteiger partial charge < -0.3 is 20.1 Å². The lowest BCUT2D eigenvalue weighted by Crippen LogP contribution is -2.58. The van der Waals surface area contributed by atoms with Crippen LogP contribution in [0, 0.1) is 5.82 Å². The second kappa shape index (κ2) is 10.5. The lowest BCUT2D eigenvalue weighted by molar-refractivity contribution is -0.132. The van der Waals surface area contributed by atoms with E-state index in [0.29, 0.717) is 12.8 Å². The third kappa shape index (κ3) is 6.25. The minimum absolute atomic E-state index is 0.0667. The lowest BCUT2D eigenvalue weighted by atomic mass is 9.80. The third-order valence-corrected chi connectivity index (χ3v) is 5.29. The Bertz CT molecular complexity index is 954.